The van der Waals surface area contributed by atoms with Crippen LogP contribution in [0.1, 0.15) is 18.9 Å². The molecule has 9 heteroatoms. The highest BCUT2D eigenvalue weighted by molar-refractivity contribution is 7.88. The van der Waals surface area contributed by atoms with E-state index >= 15 is 0 Å². The molecule has 1 aromatic heterocycles. The zero-order valence-electron chi connectivity index (χ0n) is 17.5. The highest BCUT2D eigenvalue weighted by atomic mass is 32.2. The van der Waals surface area contributed by atoms with Gasteiger partial charge in [-0.25, -0.2) is 12.7 Å². The standard InChI is InChI=1S/C21H29FN4O3S/c1-3-29-19-6-4-16(5-7-19)20-17(10-23-24-20)11-25-12-18-8-9-26(30(2,27)28)15-21(18,13-22)14-25/h4-7,10,18H,3,8-9,11-15H2,1-2H3,(H,23,24)/t18-,21-/m0/s1. The predicted molar refractivity (Wildman–Crippen MR) is 113 cm³/mol. The smallest absolute Gasteiger partial charge is 0.211 e. The molecule has 0 bridgehead atoms. The Morgan fingerprint density at radius 1 is 1.30 bits per heavy atom. The van der Waals surface area contributed by atoms with Crippen LogP contribution >= 0.6 is 0 Å². The molecule has 0 unspecified atom stereocenters. The van der Waals surface area contributed by atoms with Gasteiger partial charge in [0.2, 0.25) is 10.0 Å². The maximum atomic E-state index is 14.2. The van der Waals surface area contributed by atoms with E-state index in [1.54, 1.807) is 0 Å². The number of H-pyrrole nitrogens is 1. The van der Waals surface area contributed by atoms with Crippen LogP contribution in [-0.2, 0) is 16.6 Å². The molecule has 0 spiro atoms. The van der Waals surface area contributed by atoms with E-state index in [0.717, 1.165) is 29.1 Å². The summed E-state index contributed by atoms with van der Waals surface area (Å²) in [5.41, 5.74) is 2.39. The van der Waals surface area contributed by atoms with Crippen LogP contribution < -0.4 is 4.74 Å². The van der Waals surface area contributed by atoms with Gasteiger partial charge in [0.25, 0.3) is 0 Å². The number of halogens is 1. The Kier molecular flexibility index (Phi) is 5.87. The van der Waals surface area contributed by atoms with Gasteiger partial charge in [-0.05, 0) is 43.5 Å². The number of hydrogen-bond donors (Lipinski definition) is 1. The van der Waals surface area contributed by atoms with Gasteiger partial charge in [0, 0.05) is 49.3 Å². The Morgan fingerprint density at radius 3 is 2.73 bits per heavy atom. The lowest BCUT2D eigenvalue weighted by atomic mass is 9.75. The maximum Gasteiger partial charge on any atom is 0.211 e. The second-order valence-corrected chi connectivity index (χ2v) is 10.5. The molecule has 30 heavy (non-hydrogen) atoms. The number of fused-ring (bicyclic) bond motifs is 1. The molecule has 2 fully saturated rings. The van der Waals surface area contributed by atoms with Crippen molar-refractivity contribution in [1.82, 2.24) is 19.4 Å². The number of alkyl halides is 1. The van der Waals surface area contributed by atoms with E-state index < -0.39 is 22.1 Å². The SMILES string of the molecule is CCOc1ccc(-c2[nH]ncc2CN2C[C@@H]3CCN(S(C)(=O)=O)C[C@]3(CF)C2)cc1. The molecule has 0 aliphatic carbocycles. The van der Waals surface area contributed by atoms with E-state index in [-0.39, 0.29) is 12.5 Å². The highest BCUT2D eigenvalue weighted by Crippen LogP contribution is 2.43. The van der Waals surface area contributed by atoms with E-state index in [9.17, 15) is 12.8 Å². The largest absolute Gasteiger partial charge is 0.494 e. The van der Waals surface area contributed by atoms with Crippen LogP contribution in [0.4, 0.5) is 4.39 Å². The van der Waals surface area contributed by atoms with E-state index in [4.69, 9.17) is 4.74 Å². The van der Waals surface area contributed by atoms with Crippen LogP contribution in [0.2, 0.25) is 0 Å². The number of aromatic nitrogens is 2. The maximum absolute atomic E-state index is 14.2. The molecule has 2 aliphatic rings. The molecule has 2 aliphatic heterocycles. The Bertz CT molecular complexity index is 978. The van der Waals surface area contributed by atoms with E-state index in [1.165, 1.54) is 10.6 Å². The lowest BCUT2D eigenvalue weighted by Crippen LogP contribution is -2.51. The summed E-state index contributed by atoms with van der Waals surface area (Å²) in [6.07, 6.45) is 3.73. The molecule has 2 aromatic rings. The Labute approximate surface area is 177 Å². The summed E-state index contributed by atoms with van der Waals surface area (Å²) in [7, 11) is -3.31. The van der Waals surface area contributed by atoms with Crippen LogP contribution in [0, 0.1) is 11.3 Å². The molecule has 164 valence electrons. The van der Waals surface area contributed by atoms with Gasteiger partial charge in [-0.1, -0.05) is 0 Å². The minimum absolute atomic E-state index is 0.168. The fourth-order valence-corrected chi connectivity index (χ4v) is 5.78. The topological polar surface area (TPSA) is 78.5 Å². The van der Waals surface area contributed by atoms with Gasteiger partial charge in [0.1, 0.15) is 5.75 Å². The number of piperidine rings is 1. The second-order valence-electron chi connectivity index (χ2n) is 8.48. The monoisotopic (exact) mass is 436 g/mol. The zero-order valence-corrected chi connectivity index (χ0v) is 18.3. The lowest BCUT2D eigenvalue weighted by molar-refractivity contribution is 0.0791. The molecule has 2 saturated heterocycles. The molecule has 3 heterocycles. The van der Waals surface area contributed by atoms with Crippen LogP contribution in [0.25, 0.3) is 11.3 Å². The molecule has 0 amide bonds. The number of nitrogens with one attached hydrogen (secondary N) is 1. The first-order valence-corrected chi connectivity index (χ1v) is 12.2. The van der Waals surface area contributed by atoms with Crippen LogP contribution in [-0.4, -0.2) is 73.5 Å². The fraction of sp³-hybridized carbons (Fsp3) is 0.571. The molecule has 2 atom stereocenters. The average Bonchev–Trinajstić information content (AvgIpc) is 3.32. The Balaban J connectivity index is 1.50. The van der Waals surface area contributed by atoms with Crippen molar-refractivity contribution in [2.24, 2.45) is 11.3 Å². The number of likely N-dealkylation sites (tertiary alicyclic amines) is 1. The number of sulfonamides is 1. The summed E-state index contributed by atoms with van der Waals surface area (Å²) in [6.45, 7) is 4.78. The van der Waals surface area contributed by atoms with Crippen LogP contribution in [0.5, 0.6) is 5.75 Å². The summed E-state index contributed by atoms with van der Waals surface area (Å²) >= 11 is 0. The van der Waals surface area contributed by atoms with Gasteiger partial charge in [0.15, 0.2) is 0 Å². The molecule has 1 aromatic carbocycles. The fourth-order valence-electron chi connectivity index (χ4n) is 4.85. The quantitative estimate of drug-likeness (QED) is 0.722. The second kappa shape index (κ2) is 8.28. The number of ether oxygens (including phenoxy) is 1. The molecule has 4 rings (SSSR count). The van der Waals surface area contributed by atoms with Crippen molar-refractivity contribution in [2.45, 2.75) is 19.9 Å². The van der Waals surface area contributed by atoms with Crippen molar-refractivity contribution in [1.29, 1.82) is 0 Å². The summed E-state index contributed by atoms with van der Waals surface area (Å²) in [4.78, 5) is 2.24. The van der Waals surface area contributed by atoms with Crippen LogP contribution in [0.15, 0.2) is 30.5 Å². The number of benzene rings is 1. The van der Waals surface area contributed by atoms with Gasteiger partial charge < -0.3 is 4.74 Å². The number of hydrogen-bond acceptors (Lipinski definition) is 5. The predicted octanol–water partition coefficient (Wildman–Crippen LogP) is 2.53. The van der Waals surface area contributed by atoms with E-state index in [2.05, 4.69) is 15.1 Å². The third-order valence-corrected chi connectivity index (χ3v) is 7.65. The molecule has 0 saturated carbocycles. The third-order valence-electron chi connectivity index (χ3n) is 6.40. The van der Waals surface area contributed by atoms with Gasteiger partial charge in [-0.15, -0.1) is 0 Å². The lowest BCUT2D eigenvalue weighted by Gasteiger charge is -2.41. The number of rotatable bonds is 7. The van der Waals surface area contributed by atoms with Crippen molar-refractivity contribution in [3.63, 3.8) is 0 Å². The first-order valence-electron chi connectivity index (χ1n) is 10.3. The first-order chi connectivity index (χ1) is 14.3. The highest BCUT2D eigenvalue weighted by Gasteiger charge is 2.51. The van der Waals surface area contributed by atoms with Crippen molar-refractivity contribution < 1.29 is 17.5 Å². The van der Waals surface area contributed by atoms with E-state index in [1.807, 2.05) is 37.4 Å². The molecule has 7 nitrogen and oxygen atoms in total. The third kappa shape index (κ3) is 4.10. The van der Waals surface area contributed by atoms with Gasteiger partial charge in [-0.2, -0.15) is 5.10 Å². The van der Waals surface area contributed by atoms with Crippen molar-refractivity contribution in [3.8, 4) is 17.0 Å². The zero-order chi connectivity index (χ0) is 21.4. The summed E-state index contributed by atoms with van der Waals surface area (Å²) in [5, 5.41) is 7.31. The normalized spacial score (nSPS) is 25.4. The van der Waals surface area contributed by atoms with Crippen molar-refractivity contribution >= 4 is 10.0 Å². The van der Waals surface area contributed by atoms with Gasteiger partial charge in [0.05, 0.1) is 31.4 Å². The Hall–Kier alpha value is -1.97. The number of aromatic amines is 1. The summed E-state index contributed by atoms with van der Waals surface area (Å²) < 4.78 is 45.2. The van der Waals surface area contributed by atoms with Crippen LogP contribution in [0.3, 0.4) is 0 Å². The minimum Gasteiger partial charge on any atom is -0.494 e. The Morgan fingerprint density at radius 2 is 2.07 bits per heavy atom. The summed E-state index contributed by atoms with van der Waals surface area (Å²) in [5.74, 6) is 0.993. The minimum atomic E-state index is -3.31. The van der Waals surface area contributed by atoms with Gasteiger partial charge >= 0.3 is 0 Å². The molecule has 1 N–H and O–H groups in total. The van der Waals surface area contributed by atoms with Crippen molar-refractivity contribution in [3.05, 3.63) is 36.0 Å². The first kappa shape index (κ1) is 21.3. The molecular formula is C21H29FN4O3S. The molecule has 0 radical (unpaired) electrons. The van der Waals surface area contributed by atoms with Crippen molar-refractivity contribution in [2.75, 3.05) is 45.7 Å². The number of nitrogens with zero attached hydrogens (tertiary/aromatic N) is 3. The van der Waals surface area contributed by atoms with Gasteiger partial charge in [-0.3, -0.25) is 14.4 Å². The summed E-state index contributed by atoms with van der Waals surface area (Å²) in [6, 6.07) is 7.87. The average molecular weight is 437 g/mol. The van der Waals surface area contributed by atoms with E-state index in [0.29, 0.717) is 32.7 Å². The molecular weight excluding hydrogens is 407 g/mol.